The van der Waals surface area contributed by atoms with Gasteiger partial charge in [-0.1, -0.05) is 12.1 Å². The Hall–Kier alpha value is -3.55. The van der Waals surface area contributed by atoms with E-state index in [1.165, 1.54) is 26.5 Å². The van der Waals surface area contributed by atoms with Gasteiger partial charge < -0.3 is 19.5 Å². The number of benzene rings is 2. The van der Waals surface area contributed by atoms with Crippen LogP contribution in [0.1, 0.15) is 15.9 Å². The lowest BCUT2D eigenvalue weighted by Gasteiger charge is -2.09. The zero-order chi connectivity index (χ0) is 19.6. The zero-order valence-corrected chi connectivity index (χ0v) is 15.3. The molecule has 0 fully saturated rings. The largest absolute Gasteiger partial charge is 0.496 e. The average molecular weight is 371 g/mol. The van der Waals surface area contributed by atoms with Crippen LogP contribution in [-0.2, 0) is 4.79 Å². The molecule has 2 aromatic carbocycles. The van der Waals surface area contributed by atoms with Crippen LogP contribution in [0.25, 0.3) is 0 Å². The molecular formula is C19H21N3O5. The van der Waals surface area contributed by atoms with Gasteiger partial charge in [0, 0.05) is 11.1 Å². The fraction of sp³-hybridized carbons (Fsp3) is 0.211. The molecule has 8 nitrogen and oxygen atoms in total. The van der Waals surface area contributed by atoms with Crippen molar-refractivity contribution in [1.29, 1.82) is 0 Å². The Kier molecular flexibility index (Phi) is 7.18. The van der Waals surface area contributed by atoms with Crippen LogP contribution in [0.3, 0.4) is 0 Å². The number of hydrazone groups is 1. The van der Waals surface area contributed by atoms with Crippen molar-refractivity contribution in [3.63, 3.8) is 0 Å². The van der Waals surface area contributed by atoms with Gasteiger partial charge in [-0.15, -0.1) is 0 Å². The standard InChI is InChI=1S/C19H21N3O5/c1-25-15-7-5-4-6-14(15)11-21-22-18(23)12-20-19(24)13-8-9-16(26-2)17(10-13)27-3/h4-11H,12H2,1-3H3,(H,20,24)(H,22,23)/b21-11-. The summed E-state index contributed by atoms with van der Waals surface area (Å²) in [5.41, 5.74) is 3.41. The summed E-state index contributed by atoms with van der Waals surface area (Å²) in [5.74, 6) is 0.695. The molecule has 0 unspecified atom stereocenters. The normalized spacial score (nSPS) is 10.3. The highest BCUT2D eigenvalue weighted by Crippen LogP contribution is 2.27. The molecule has 0 atom stereocenters. The quantitative estimate of drug-likeness (QED) is 0.542. The van der Waals surface area contributed by atoms with Crippen LogP contribution in [0.15, 0.2) is 47.6 Å². The van der Waals surface area contributed by atoms with Crippen molar-refractivity contribution >= 4 is 18.0 Å². The van der Waals surface area contributed by atoms with Gasteiger partial charge >= 0.3 is 0 Å². The zero-order valence-electron chi connectivity index (χ0n) is 15.3. The summed E-state index contributed by atoms with van der Waals surface area (Å²) in [6, 6.07) is 12.0. The number of amides is 2. The molecule has 0 spiro atoms. The summed E-state index contributed by atoms with van der Waals surface area (Å²) in [7, 11) is 4.54. The molecule has 2 rings (SSSR count). The van der Waals surface area contributed by atoms with E-state index in [4.69, 9.17) is 14.2 Å². The number of rotatable bonds is 8. The number of carbonyl (C=O) groups excluding carboxylic acids is 2. The molecule has 2 amide bonds. The predicted molar refractivity (Wildman–Crippen MR) is 101 cm³/mol. The summed E-state index contributed by atoms with van der Waals surface area (Å²) in [6.07, 6.45) is 1.47. The number of hydrogen-bond acceptors (Lipinski definition) is 6. The van der Waals surface area contributed by atoms with Crippen LogP contribution in [0.5, 0.6) is 17.2 Å². The summed E-state index contributed by atoms with van der Waals surface area (Å²) < 4.78 is 15.5. The number of para-hydroxylation sites is 1. The molecule has 2 N–H and O–H groups in total. The molecule has 0 bridgehead atoms. The molecule has 0 aromatic heterocycles. The van der Waals surface area contributed by atoms with Crippen molar-refractivity contribution in [2.75, 3.05) is 27.9 Å². The minimum absolute atomic E-state index is 0.226. The van der Waals surface area contributed by atoms with Crippen molar-refractivity contribution < 1.29 is 23.8 Å². The Balaban J connectivity index is 1.88. The highest BCUT2D eigenvalue weighted by molar-refractivity contribution is 5.97. The van der Waals surface area contributed by atoms with Crippen molar-refractivity contribution in [2.24, 2.45) is 5.10 Å². The Morgan fingerprint density at radius 3 is 2.37 bits per heavy atom. The summed E-state index contributed by atoms with van der Waals surface area (Å²) >= 11 is 0. The smallest absolute Gasteiger partial charge is 0.259 e. The highest BCUT2D eigenvalue weighted by Gasteiger charge is 2.11. The summed E-state index contributed by atoms with van der Waals surface area (Å²) in [4.78, 5) is 24.0. The Bertz CT molecular complexity index is 836. The molecule has 0 aliphatic rings. The Morgan fingerprint density at radius 2 is 1.67 bits per heavy atom. The van der Waals surface area contributed by atoms with Gasteiger partial charge in [-0.05, 0) is 30.3 Å². The Labute approximate surface area is 157 Å². The predicted octanol–water partition coefficient (Wildman–Crippen LogP) is 1.59. The van der Waals surface area contributed by atoms with Crippen molar-refractivity contribution in [2.45, 2.75) is 0 Å². The number of methoxy groups -OCH3 is 3. The lowest BCUT2D eigenvalue weighted by molar-refractivity contribution is -0.120. The van der Waals surface area contributed by atoms with Gasteiger partial charge in [0.05, 0.1) is 34.1 Å². The van der Waals surface area contributed by atoms with E-state index in [0.717, 1.165) is 5.56 Å². The molecule has 0 saturated carbocycles. The third kappa shape index (κ3) is 5.46. The first-order chi connectivity index (χ1) is 13.1. The monoisotopic (exact) mass is 371 g/mol. The van der Waals surface area contributed by atoms with Gasteiger partial charge in [0.1, 0.15) is 5.75 Å². The SMILES string of the molecule is COc1ccccc1/C=N\NC(=O)CNC(=O)c1ccc(OC)c(OC)c1. The van der Waals surface area contributed by atoms with Crippen LogP contribution in [0.2, 0.25) is 0 Å². The molecule has 8 heteroatoms. The van der Waals surface area contributed by atoms with Crippen LogP contribution in [-0.4, -0.2) is 45.9 Å². The molecule has 0 saturated heterocycles. The molecule has 0 aliphatic carbocycles. The molecule has 0 radical (unpaired) electrons. The lowest BCUT2D eigenvalue weighted by Crippen LogP contribution is -2.34. The third-order valence-corrected chi connectivity index (χ3v) is 3.59. The highest BCUT2D eigenvalue weighted by atomic mass is 16.5. The van der Waals surface area contributed by atoms with Gasteiger partial charge in [-0.2, -0.15) is 5.10 Å². The van der Waals surface area contributed by atoms with Crippen LogP contribution in [0, 0.1) is 0 Å². The summed E-state index contributed by atoms with van der Waals surface area (Å²) in [5, 5.41) is 6.37. The maximum atomic E-state index is 12.2. The van der Waals surface area contributed by atoms with Crippen LogP contribution >= 0.6 is 0 Å². The first kappa shape index (κ1) is 19.8. The molecule has 2 aromatic rings. The molecule has 0 aliphatic heterocycles. The maximum absolute atomic E-state index is 12.2. The molecule has 0 heterocycles. The minimum atomic E-state index is -0.463. The first-order valence-corrected chi connectivity index (χ1v) is 8.04. The number of ether oxygens (including phenoxy) is 3. The molecule has 142 valence electrons. The van der Waals surface area contributed by atoms with Gasteiger partial charge in [0.25, 0.3) is 11.8 Å². The van der Waals surface area contributed by atoms with Crippen LogP contribution in [0.4, 0.5) is 0 Å². The van der Waals surface area contributed by atoms with Gasteiger partial charge in [0.15, 0.2) is 11.5 Å². The van der Waals surface area contributed by atoms with E-state index in [2.05, 4.69) is 15.8 Å². The van der Waals surface area contributed by atoms with Gasteiger partial charge in [-0.3, -0.25) is 9.59 Å². The summed E-state index contributed by atoms with van der Waals surface area (Å²) in [6.45, 7) is -0.226. The van der Waals surface area contributed by atoms with E-state index in [0.29, 0.717) is 22.8 Å². The third-order valence-electron chi connectivity index (χ3n) is 3.59. The number of nitrogens with zero attached hydrogens (tertiary/aromatic N) is 1. The fourth-order valence-electron chi connectivity index (χ4n) is 2.23. The van der Waals surface area contributed by atoms with Crippen molar-refractivity contribution in [3.05, 3.63) is 53.6 Å². The molecule has 27 heavy (non-hydrogen) atoms. The Morgan fingerprint density at radius 1 is 0.963 bits per heavy atom. The first-order valence-electron chi connectivity index (χ1n) is 8.04. The number of nitrogens with one attached hydrogen (secondary N) is 2. The maximum Gasteiger partial charge on any atom is 0.259 e. The van der Waals surface area contributed by atoms with Gasteiger partial charge in [-0.25, -0.2) is 5.43 Å². The van der Waals surface area contributed by atoms with Gasteiger partial charge in [0.2, 0.25) is 0 Å². The second kappa shape index (κ2) is 9.81. The van der Waals surface area contributed by atoms with E-state index >= 15 is 0 Å². The van der Waals surface area contributed by atoms with E-state index < -0.39 is 11.8 Å². The van der Waals surface area contributed by atoms with Crippen molar-refractivity contribution in [1.82, 2.24) is 10.7 Å². The van der Waals surface area contributed by atoms with Crippen molar-refractivity contribution in [3.8, 4) is 17.2 Å². The van der Waals surface area contributed by atoms with E-state index in [1.54, 1.807) is 31.4 Å². The number of carbonyl (C=O) groups is 2. The van der Waals surface area contributed by atoms with E-state index in [-0.39, 0.29) is 6.54 Å². The fourth-order valence-corrected chi connectivity index (χ4v) is 2.23. The minimum Gasteiger partial charge on any atom is -0.496 e. The molecular weight excluding hydrogens is 350 g/mol. The van der Waals surface area contributed by atoms with Crippen LogP contribution < -0.4 is 25.0 Å². The average Bonchev–Trinajstić information content (AvgIpc) is 2.71. The van der Waals surface area contributed by atoms with E-state index in [1.807, 2.05) is 12.1 Å². The van der Waals surface area contributed by atoms with E-state index in [9.17, 15) is 9.59 Å². The number of hydrogen-bond donors (Lipinski definition) is 2. The second-order valence-electron chi connectivity index (χ2n) is 5.29. The lowest BCUT2D eigenvalue weighted by atomic mass is 10.2. The topological polar surface area (TPSA) is 98.2 Å². The second-order valence-corrected chi connectivity index (χ2v) is 5.29.